The molecule has 1 amide bonds. The first kappa shape index (κ1) is 21.6. The smallest absolute Gasteiger partial charge is 0.359 e. The second kappa shape index (κ2) is 9.16. The summed E-state index contributed by atoms with van der Waals surface area (Å²) in [5, 5.41) is 7.25. The third-order valence-corrected chi connectivity index (χ3v) is 4.43. The summed E-state index contributed by atoms with van der Waals surface area (Å²) in [5.41, 5.74) is -0.0354. The fraction of sp³-hybridized carbons (Fsp3) is 0.238. The molecule has 1 heterocycles. The van der Waals surface area contributed by atoms with E-state index in [0.29, 0.717) is 33.7 Å². The molecule has 0 saturated carbocycles. The first-order chi connectivity index (χ1) is 14.9. The van der Waals surface area contributed by atoms with E-state index in [1.807, 2.05) is 0 Å². The monoisotopic (exact) mass is 427 g/mol. The molecule has 0 aliphatic carbocycles. The van der Waals surface area contributed by atoms with Gasteiger partial charge in [0.1, 0.15) is 0 Å². The Balaban J connectivity index is 1.75. The number of fused-ring (bicyclic) bond motifs is 1. The van der Waals surface area contributed by atoms with Gasteiger partial charge in [-0.05, 0) is 6.07 Å². The van der Waals surface area contributed by atoms with Crippen molar-refractivity contribution in [1.82, 2.24) is 9.78 Å². The second-order valence-electron chi connectivity index (χ2n) is 6.36. The topological polar surface area (TPSA) is 118 Å². The predicted octanol–water partition coefficient (Wildman–Crippen LogP) is 1.75. The van der Waals surface area contributed by atoms with E-state index in [1.165, 1.54) is 28.4 Å². The van der Waals surface area contributed by atoms with Gasteiger partial charge in [0.15, 0.2) is 23.8 Å². The fourth-order valence-electron chi connectivity index (χ4n) is 3.00. The van der Waals surface area contributed by atoms with E-state index >= 15 is 0 Å². The maximum atomic E-state index is 12.5. The molecule has 0 bridgehead atoms. The van der Waals surface area contributed by atoms with Gasteiger partial charge in [-0.3, -0.25) is 9.59 Å². The minimum atomic E-state index is -0.827. The van der Waals surface area contributed by atoms with Crippen LogP contribution in [-0.4, -0.2) is 49.6 Å². The van der Waals surface area contributed by atoms with Gasteiger partial charge in [0.2, 0.25) is 5.75 Å². The van der Waals surface area contributed by atoms with Crippen LogP contribution in [0, 0.1) is 0 Å². The number of carbonyl (C=O) groups excluding carboxylic acids is 2. The number of hydrogen-bond donors (Lipinski definition) is 1. The summed E-state index contributed by atoms with van der Waals surface area (Å²) in [6, 6.07) is 9.64. The molecule has 0 fully saturated rings. The number of rotatable bonds is 7. The number of methoxy groups -OCH3 is 3. The molecule has 3 aromatic rings. The van der Waals surface area contributed by atoms with Gasteiger partial charge in [0.05, 0.1) is 26.7 Å². The van der Waals surface area contributed by atoms with Crippen LogP contribution in [0.2, 0.25) is 0 Å². The maximum Gasteiger partial charge on any atom is 0.359 e. The molecule has 162 valence electrons. The van der Waals surface area contributed by atoms with Crippen molar-refractivity contribution in [2.75, 3.05) is 33.3 Å². The number of aryl methyl sites for hydroxylation is 1. The molecule has 1 aromatic heterocycles. The van der Waals surface area contributed by atoms with Crippen molar-refractivity contribution < 1.29 is 28.5 Å². The van der Waals surface area contributed by atoms with Gasteiger partial charge in [0, 0.05) is 30.3 Å². The van der Waals surface area contributed by atoms with Gasteiger partial charge < -0.3 is 24.3 Å². The van der Waals surface area contributed by atoms with Crippen LogP contribution in [0.25, 0.3) is 10.8 Å². The van der Waals surface area contributed by atoms with E-state index in [-0.39, 0.29) is 11.3 Å². The van der Waals surface area contributed by atoms with E-state index in [9.17, 15) is 14.4 Å². The number of ether oxygens (including phenoxy) is 4. The summed E-state index contributed by atoms with van der Waals surface area (Å²) in [6.07, 6.45) is 0. The summed E-state index contributed by atoms with van der Waals surface area (Å²) in [5.74, 6) is -0.323. The largest absolute Gasteiger partial charge is 0.493 e. The summed E-state index contributed by atoms with van der Waals surface area (Å²) in [4.78, 5) is 37.0. The molecule has 2 aromatic carbocycles. The van der Waals surface area contributed by atoms with E-state index in [0.717, 1.165) is 4.68 Å². The minimum Gasteiger partial charge on any atom is -0.493 e. The third kappa shape index (κ3) is 4.42. The number of hydrogen-bond acceptors (Lipinski definition) is 8. The average Bonchev–Trinajstić information content (AvgIpc) is 2.79. The molecule has 0 aliphatic heterocycles. The highest BCUT2D eigenvalue weighted by Gasteiger charge is 2.19. The van der Waals surface area contributed by atoms with Crippen LogP contribution >= 0.6 is 0 Å². The lowest BCUT2D eigenvalue weighted by Crippen LogP contribution is -2.26. The lowest BCUT2D eigenvalue weighted by atomic mass is 10.1. The Morgan fingerprint density at radius 3 is 2.19 bits per heavy atom. The van der Waals surface area contributed by atoms with Crippen LogP contribution in [0.1, 0.15) is 10.5 Å². The Labute approximate surface area is 177 Å². The summed E-state index contributed by atoms with van der Waals surface area (Å²) in [6.45, 7) is -0.561. The number of carbonyl (C=O) groups is 2. The zero-order chi connectivity index (χ0) is 22.5. The molecular formula is C21H21N3O7. The third-order valence-electron chi connectivity index (χ3n) is 4.43. The van der Waals surface area contributed by atoms with Crippen molar-refractivity contribution >= 4 is 28.3 Å². The number of benzene rings is 2. The van der Waals surface area contributed by atoms with Gasteiger partial charge in [-0.1, -0.05) is 18.2 Å². The number of aromatic nitrogens is 2. The molecule has 31 heavy (non-hydrogen) atoms. The SMILES string of the molecule is COc1cc(NC(=O)COC(=O)c2nn(C)c(=O)c3ccccc23)cc(OC)c1OC. The highest BCUT2D eigenvalue weighted by atomic mass is 16.5. The number of nitrogens with zero attached hydrogens (tertiary/aromatic N) is 2. The number of anilines is 1. The highest BCUT2D eigenvalue weighted by Crippen LogP contribution is 2.39. The Morgan fingerprint density at radius 2 is 1.61 bits per heavy atom. The molecule has 0 saturated heterocycles. The molecule has 0 spiro atoms. The van der Waals surface area contributed by atoms with Gasteiger partial charge in [0.25, 0.3) is 11.5 Å². The van der Waals surface area contributed by atoms with Crippen molar-refractivity contribution in [2.45, 2.75) is 0 Å². The van der Waals surface area contributed by atoms with Gasteiger partial charge in [-0.25, -0.2) is 9.48 Å². The van der Waals surface area contributed by atoms with Gasteiger partial charge in [-0.15, -0.1) is 0 Å². The minimum absolute atomic E-state index is 0.0571. The van der Waals surface area contributed by atoms with Gasteiger partial charge >= 0.3 is 5.97 Å². The van der Waals surface area contributed by atoms with Crippen molar-refractivity contribution in [3.63, 3.8) is 0 Å². The van der Waals surface area contributed by atoms with E-state index in [2.05, 4.69) is 10.4 Å². The highest BCUT2D eigenvalue weighted by molar-refractivity contribution is 6.03. The van der Waals surface area contributed by atoms with Crippen LogP contribution in [0.3, 0.4) is 0 Å². The summed E-state index contributed by atoms with van der Waals surface area (Å²) in [7, 11) is 5.81. The maximum absolute atomic E-state index is 12.5. The van der Waals surface area contributed by atoms with Crippen LogP contribution in [0.5, 0.6) is 17.2 Å². The standard InChI is InChI=1S/C21H21N3O7/c1-24-20(26)14-8-6-5-7-13(14)18(23-24)21(27)31-11-17(25)22-12-9-15(28-2)19(30-4)16(10-12)29-3/h5-10H,11H2,1-4H3,(H,22,25). The number of amides is 1. The molecule has 0 unspecified atom stereocenters. The quantitative estimate of drug-likeness (QED) is 0.567. The lowest BCUT2D eigenvalue weighted by molar-refractivity contribution is -0.119. The Hall–Kier alpha value is -4.08. The zero-order valence-electron chi connectivity index (χ0n) is 17.4. The Bertz CT molecular complexity index is 1180. The van der Waals surface area contributed by atoms with Crippen molar-refractivity contribution in [2.24, 2.45) is 7.05 Å². The number of esters is 1. The van der Waals surface area contributed by atoms with Crippen LogP contribution < -0.4 is 25.1 Å². The van der Waals surface area contributed by atoms with Crippen LogP contribution in [0.15, 0.2) is 41.2 Å². The number of nitrogens with one attached hydrogen (secondary N) is 1. The van der Waals surface area contributed by atoms with E-state index < -0.39 is 18.5 Å². The summed E-state index contributed by atoms with van der Waals surface area (Å²) >= 11 is 0. The Kier molecular flexibility index (Phi) is 6.39. The van der Waals surface area contributed by atoms with Crippen LogP contribution in [-0.2, 0) is 16.6 Å². The fourth-order valence-corrected chi connectivity index (χ4v) is 3.00. The molecule has 10 heteroatoms. The molecule has 0 radical (unpaired) electrons. The van der Waals surface area contributed by atoms with Crippen molar-refractivity contribution in [3.8, 4) is 17.2 Å². The first-order valence-corrected chi connectivity index (χ1v) is 9.12. The second-order valence-corrected chi connectivity index (χ2v) is 6.36. The van der Waals surface area contributed by atoms with Gasteiger partial charge in [-0.2, -0.15) is 5.10 Å². The molecule has 3 rings (SSSR count). The van der Waals surface area contributed by atoms with Crippen LogP contribution in [0.4, 0.5) is 5.69 Å². The summed E-state index contributed by atoms with van der Waals surface area (Å²) < 4.78 is 21.9. The molecule has 0 aliphatic rings. The molecule has 0 atom stereocenters. The molecular weight excluding hydrogens is 406 g/mol. The zero-order valence-corrected chi connectivity index (χ0v) is 17.4. The van der Waals surface area contributed by atoms with Crippen molar-refractivity contribution in [3.05, 3.63) is 52.4 Å². The molecule has 10 nitrogen and oxygen atoms in total. The lowest BCUT2D eigenvalue weighted by Gasteiger charge is -2.14. The van der Waals surface area contributed by atoms with E-state index in [1.54, 1.807) is 36.4 Å². The van der Waals surface area contributed by atoms with Crippen molar-refractivity contribution in [1.29, 1.82) is 0 Å². The molecule has 1 N–H and O–H groups in total. The first-order valence-electron chi connectivity index (χ1n) is 9.12. The predicted molar refractivity (Wildman–Crippen MR) is 112 cm³/mol. The van der Waals surface area contributed by atoms with E-state index in [4.69, 9.17) is 18.9 Å². The normalized spacial score (nSPS) is 10.5. The Morgan fingerprint density at radius 1 is 1.00 bits per heavy atom. The average molecular weight is 427 g/mol.